The number of hydrogen-bond acceptors (Lipinski definition) is 1. The monoisotopic (exact) mass is 121 g/mol. The summed E-state index contributed by atoms with van der Waals surface area (Å²) in [5.74, 6) is 0. The average Bonchev–Trinajstić information content (AvgIpc) is 1.93. The Morgan fingerprint density at radius 1 is 1.67 bits per heavy atom. The molecule has 1 heteroatoms. The lowest BCUT2D eigenvalue weighted by atomic mass is 10.2. The molecule has 9 heavy (non-hydrogen) atoms. The SMILES string of the molecule is C=C1CC(C)=CC=CN1. The maximum atomic E-state index is 3.82. The van der Waals surface area contributed by atoms with Crippen molar-refractivity contribution in [1.29, 1.82) is 0 Å². The molecular formula is C8H11N. The second-order valence-electron chi connectivity index (χ2n) is 2.30. The summed E-state index contributed by atoms with van der Waals surface area (Å²) in [5, 5.41) is 3.05. The zero-order valence-corrected chi connectivity index (χ0v) is 5.65. The highest BCUT2D eigenvalue weighted by Crippen LogP contribution is 2.08. The lowest BCUT2D eigenvalue weighted by Crippen LogP contribution is -2.00. The zero-order chi connectivity index (χ0) is 6.69. The van der Waals surface area contributed by atoms with Gasteiger partial charge in [0.2, 0.25) is 0 Å². The Morgan fingerprint density at radius 2 is 2.44 bits per heavy atom. The molecule has 0 spiro atoms. The van der Waals surface area contributed by atoms with Crippen LogP contribution in [0.4, 0.5) is 0 Å². The summed E-state index contributed by atoms with van der Waals surface area (Å²) in [6.07, 6.45) is 6.95. The summed E-state index contributed by atoms with van der Waals surface area (Å²) < 4.78 is 0. The summed E-state index contributed by atoms with van der Waals surface area (Å²) >= 11 is 0. The topological polar surface area (TPSA) is 12.0 Å². The van der Waals surface area contributed by atoms with E-state index in [-0.39, 0.29) is 0 Å². The van der Waals surface area contributed by atoms with E-state index >= 15 is 0 Å². The van der Waals surface area contributed by atoms with Gasteiger partial charge >= 0.3 is 0 Å². The standard InChI is InChI=1S/C8H11N/c1-7-4-3-5-9-8(2)6-7/h3-5,9H,2,6H2,1H3. The third kappa shape index (κ3) is 1.76. The fraction of sp³-hybridized carbons (Fsp3) is 0.250. The molecule has 0 radical (unpaired) electrons. The summed E-state index contributed by atoms with van der Waals surface area (Å²) in [4.78, 5) is 0. The van der Waals surface area contributed by atoms with Crippen LogP contribution in [0, 0.1) is 0 Å². The number of rotatable bonds is 0. The van der Waals surface area contributed by atoms with Gasteiger partial charge in [-0.3, -0.25) is 0 Å². The van der Waals surface area contributed by atoms with E-state index in [2.05, 4.69) is 24.9 Å². The maximum Gasteiger partial charge on any atom is 0.0114 e. The Bertz CT molecular complexity index is 175. The third-order valence-electron chi connectivity index (χ3n) is 1.26. The van der Waals surface area contributed by atoms with Crippen LogP contribution >= 0.6 is 0 Å². The number of allylic oxidation sites excluding steroid dienone is 3. The van der Waals surface area contributed by atoms with Crippen molar-refractivity contribution >= 4 is 0 Å². The highest BCUT2D eigenvalue weighted by Gasteiger charge is 1.94. The smallest absolute Gasteiger partial charge is 0.0114 e. The van der Waals surface area contributed by atoms with Crippen LogP contribution in [0.3, 0.4) is 0 Å². The van der Waals surface area contributed by atoms with Crippen molar-refractivity contribution in [2.75, 3.05) is 0 Å². The highest BCUT2D eigenvalue weighted by molar-refractivity contribution is 5.20. The molecule has 1 aliphatic heterocycles. The van der Waals surface area contributed by atoms with Gasteiger partial charge in [-0.2, -0.15) is 0 Å². The van der Waals surface area contributed by atoms with Crippen molar-refractivity contribution in [2.45, 2.75) is 13.3 Å². The normalized spacial score (nSPS) is 18.3. The van der Waals surface area contributed by atoms with E-state index < -0.39 is 0 Å². The van der Waals surface area contributed by atoms with Crippen LogP contribution < -0.4 is 5.32 Å². The van der Waals surface area contributed by atoms with Gasteiger partial charge in [0.25, 0.3) is 0 Å². The van der Waals surface area contributed by atoms with Crippen LogP contribution in [0.5, 0.6) is 0 Å². The van der Waals surface area contributed by atoms with Gasteiger partial charge in [0.05, 0.1) is 0 Å². The molecule has 0 atom stereocenters. The molecule has 0 aromatic carbocycles. The van der Waals surface area contributed by atoms with Crippen LogP contribution in [0.2, 0.25) is 0 Å². The second kappa shape index (κ2) is 2.53. The molecule has 1 nitrogen and oxygen atoms in total. The zero-order valence-electron chi connectivity index (χ0n) is 5.65. The van der Waals surface area contributed by atoms with E-state index in [1.165, 1.54) is 5.57 Å². The number of nitrogens with one attached hydrogen (secondary N) is 1. The minimum atomic E-state index is 0.965. The molecule has 48 valence electrons. The van der Waals surface area contributed by atoms with Gasteiger partial charge < -0.3 is 5.32 Å². The lowest BCUT2D eigenvalue weighted by Gasteiger charge is -2.00. The van der Waals surface area contributed by atoms with E-state index in [9.17, 15) is 0 Å². The van der Waals surface area contributed by atoms with Gasteiger partial charge in [0.1, 0.15) is 0 Å². The fourth-order valence-corrected chi connectivity index (χ4v) is 0.825. The fourth-order valence-electron chi connectivity index (χ4n) is 0.825. The molecule has 1 N–H and O–H groups in total. The molecule has 0 aliphatic carbocycles. The van der Waals surface area contributed by atoms with Crippen LogP contribution in [0.1, 0.15) is 13.3 Å². The van der Waals surface area contributed by atoms with Crippen LogP contribution in [0.15, 0.2) is 36.2 Å². The Kier molecular flexibility index (Phi) is 1.73. The van der Waals surface area contributed by atoms with E-state index in [0.717, 1.165) is 12.1 Å². The predicted molar refractivity (Wildman–Crippen MR) is 39.8 cm³/mol. The van der Waals surface area contributed by atoms with Crippen LogP contribution in [-0.4, -0.2) is 0 Å². The van der Waals surface area contributed by atoms with Crippen molar-refractivity contribution in [2.24, 2.45) is 0 Å². The second-order valence-corrected chi connectivity index (χ2v) is 2.30. The van der Waals surface area contributed by atoms with E-state index in [1.54, 1.807) is 0 Å². The molecule has 0 bridgehead atoms. The summed E-state index contributed by atoms with van der Waals surface area (Å²) in [6, 6.07) is 0. The molecule has 0 aromatic rings. The first-order valence-corrected chi connectivity index (χ1v) is 3.05. The van der Waals surface area contributed by atoms with Gasteiger partial charge in [-0.1, -0.05) is 18.2 Å². The molecule has 0 saturated carbocycles. The van der Waals surface area contributed by atoms with Crippen molar-refractivity contribution < 1.29 is 0 Å². The van der Waals surface area contributed by atoms with Crippen LogP contribution in [0.25, 0.3) is 0 Å². The Morgan fingerprint density at radius 3 is 3.22 bits per heavy atom. The average molecular weight is 121 g/mol. The molecule has 0 unspecified atom stereocenters. The first-order chi connectivity index (χ1) is 4.29. The minimum absolute atomic E-state index is 0.965. The molecule has 1 aliphatic rings. The molecule has 1 rings (SSSR count). The number of hydrogen-bond donors (Lipinski definition) is 1. The first kappa shape index (κ1) is 6.14. The first-order valence-electron chi connectivity index (χ1n) is 3.05. The predicted octanol–water partition coefficient (Wildman–Crippen LogP) is 1.95. The van der Waals surface area contributed by atoms with Gasteiger partial charge in [0.15, 0.2) is 0 Å². The highest BCUT2D eigenvalue weighted by atomic mass is 14.8. The van der Waals surface area contributed by atoms with E-state index in [1.807, 2.05) is 12.3 Å². The van der Waals surface area contributed by atoms with Gasteiger partial charge in [-0.25, -0.2) is 0 Å². The summed E-state index contributed by atoms with van der Waals surface area (Å²) in [6.45, 7) is 5.92. The van der Waals surface area contributed by atoms with E-state index in [0.29, 0.717) is 0 Å². The van der Waals surface area contributed by atoms with Gasteiger partial charge in [-0.15, -0.1) is 0 Å². The molecular weight excluding hydrogens is 110 g/mol. The Balaban J connectivity index is 2.69. The van der Waals surface area contributed by atoms with Crippen molar-refractivity contribution in [1.82, 2.24) is 5.32 Å². The van der Waals surface area contributed by atoms with E-state index in [4.69, 9.17) is 0 Å². The molecule has 0 fully saturated rings. The third-order valence-corrected chi connectivity index (χ3v) is 1.26. The largest absolute Gasteiger partial charge is 0.365 e. The molecule has 0 saturated heterocycles. The minimum Gasteiger partial charge on any atom is -0.365 e. The van der Waals surface area contributed by atoms with Gasteiger partial charge in [-0.05, 0) is 13.0 Å². The summed E-state index contributed by atoms with van der Waals surface area (Å²) in [5.41, 5.74) is 2.42. The Labute approximate surface area is 55.8 Å². The van der Waals surface area contributed by atoms with Crippen molar-refractivity contribution in [3.05, 3.63) is 36.2 Å². The quantitative estimate of drug-likeness (QED) is 0.516. The summed E-state index contributed by atoms with van der Waals surface area (Å²) in [7, 11) is 0. The van der Waals surface area contributed by atoms with Crippen molar-refractivity contribution in [3.63, 3.8) is 0 Å². The van der Waals surface area contributed by atoms with Crippen molar-refractivity contribution in [3.8, 4) is 0 Å². The molecule has 0 aromatic heterocycles. The van der Waals surface area contributed by atoms with Crippen LogP contribution in [-0.2, 0) is 0 Å². The molecule has 0 amide bonds. The lowest BCUT2D eigenvalue weighted by molar-refractivity contribution is 0.979. The van der Waals surface area contributed by atoms with Gasteiger partial charge in [0, 0.05) is 18.3 Å². The Hall–Kier alpha value is -0.980. The molecule has 1 heterocycles. The maximum absolute atomic E-state index is 3.82.